The lowest BCUT2D eigenvalue weighted by Gasteiger charge is -2.15. The van der Waals surface area contributed by atoms with Gasteiger partial charge in [0, 0.05) is 39.3 Å². The molecule has 0 saturated carbocycles. The molecule has 0 radical (unpaired) electrons. The number of carbonyl (C=O) groups is 1. The van der Waals surface area contributed by atoms with Gasteiger partial charge in [-0.1, -0.05) is 0 Å². The van der Waals surface area contributed by atoms with Crippen molar-refractivity contribution in [3.8, 4) is 0 Å². The van der Waals surface area contributed by atoms with E-state index in [1.54, 1.807) is 7.11 Å². The highest BCUT2D eigenvalue weighted by Crippen LogP contribution is 2.08. The first-order valence-electron chi connectivity index (χ1n) is 5.34. The number of hydrogen-bond donors (Lipinski definition) is 1. The van der Waals surface area contributed by atoms with E-state index in [4.69, 9.17) is 15.2 Å². The molecule has 1 rings (SSSR count). The van der Waals surface area contributed by atoms with Gasteiger partial charge in [-0.3, -0.25) is 4.79 Å². The van der Waals surface area contributed by atoms with E-state index in [1.165, 1.54) is 0 Å². The lowest BCUT2D eigenvalue weighted by atomic mass is 10.3. The zero-order chi connectivity index (χ0) is 11.1. The summed E-state index contributed by atoms with van der Waals surface area (Å²) in [5.41, 5.74) is 5.68. The van der Waals surface area contributed by atoms with Gasteiger partial charge in [0.25, 0.3) is 0 Å². The molecule has 15 heavy (non-hydrogen) atoms. The number of methoxy groups -OCH3 is 1. The summed E-state index contributed by atoms with van der Waals surface area (Å²) in [4.78, 5) is 13.1. The van der Waals surface area contributed by atoms with Gasteiger partial charge in [0.15, 0.2) is 0 Å². The van der Waals surface area contributed by atoms with Crippen LogP contribution in [0.1, 0.15) is 12.8 Å². The van der Waals surface area contributed by atoms with E-state index in [2.05, 4.69) is 0 Å². The largest absolute Gasteiger partial charge is 0.382 e. The smallest absolute Gasteiger partial charge is 0.224 e. The van der Waals surface area contributed by atoms with E-state index in [1.807, 2.05) is 4.90 Å². The second-order valence-electron chi connectivity index (χ2n) is 3.76. The molecule has 1 heterocycles. The third-order valence-electron chi connectivity index (χ3n) is 2.39. The molecule has 1 unspecified atom stereocenters. The van der Waals surface area contributed by atoms with Crippen LogP contribution in [0.2, 0.25) is 0 Å². The monoisotopic (exact) mass is 216 g/mol. The molecule has 5 heteroatoms. The molecule has 0 spiro atoms. The van der Waals surface area contributed by atoms with Gasteiger partial charge in [0.05, 0.1) is 13.2 Å². The van der Waals surface area contributed by atoms with E-state index < -0.39 is 0 Å². The van der Waals surface area contributed by atoms with Crippen molar-refractivity contribution in [2.24, 2.45) is 5.73 Å². The highest BCUT2D eigenvalue weighted by molar-refractivity contribution is 5.79. The molecule has 1 aliphatic rings. The Labute approximate surface area is 90.5 Å². The van der Waals surface area contributed by atoms with Crippen LogP contribution in [-0.4, -0.2) is 56.9 Å². The third-order valence-corrected chi connectivity index (χ3v) is 2.39. The summed E-state index contributed by atoms with van der Waals surface area (Å²) < 4.78 is 10.1. The number of likely N-dealkylation sites (tertiary alicyclic amines) is 1. The van der Waals surface area contributed by atoms with Gasteiger partial charge in [0.1, 0.15) is 0 Å². The summed E-state index contributed by atoms with van der Waals surface area (Å²) in [6, 6.07) is 0.0203. The molecule has 0 aromatic carbocycles. The highest BCUT2D eigenvalue weighted by atomic mass is 16.5. The summed E-state index contributed by atoms with van der Waals surface area (Å²) in [5.74, 6) is 0.166. The van der Waals surface area contributed by atoms with Crippen LogP contribution in [0, 0.1) is 0 Å². The predicted molar refractivity (Wildman–Crippen MR) is 56.5 cm³/mol. The molecule has 1 atom stereocenters. The zero-order valence-electron chi connectivity index (χ0n) is 9.28. The first-order chi connectivity index (χ1) is 7.24. The molecule has 0 aromatic heterocycles. The molecular weight excluding hydrogens is 196 g/mol. The molecule has 0 aromatic rings. The molecule has 0 bridgehead atoms. The number of ether oxygens (including phenoxy) is 2. The molecule has 1 aliphatic heterocycles. The Morgan fingerprint density at radius 3 is 2.87 bits per heavy atom. The second-order valence-corrected chi connectivity index (χ2v) is 3.76. The van der Waals surface area contributed by atoms with E-state index >= 15 is 0 Å². The van der Waals surface area contributed by atoms with Crippen LogP contribution < -0.4 is 5.73 Å². The third kappa shape index (κ3) is 4.59. The lowest BCUT2D eigenvalue weighted by molar-refractivity contribution is -0.127. The van der Waals surface area contributed by atoms with Crippen LogP contribution in [0.25, 0.3) is 0 Å². The standard InChI is InChI=1S/C10H20N2O3/c1-14-5-6-15-4-2-3-12-8-9(11)7-10(12)13/h9H,2-8,11H2,1H3. The van der Waals surface area contributed by atoms with Crippen LogP contribution in [0.5, 0.6) is 0 Å². The normalized spacial score (nSPS) is 21.3. The number of carbonyl (C=O) groups excluding carboxylic acids is 1. The maximum atomic E-state index is 11.3. The summed E-state index contributed by atoms with van der Waals surface area (Å²) in [7, 11) is 1.65. The minimum atomic E-state index is 0.0203. The van der Waals surface area contributed by atoms with Crippen LogP contribution in [0.4, 0.5) is 0 Å². The first kappa shape index (κ1) is 12.4. The van der Waals surface area contributed by atoms with E-state index in [9.17, 15) is 4.79 Å². The molecule has 1 amide bonds. The van der Waals surface area contributed by atoms with Gasteiger partial charge in [-0.2, -0.15) is 0 Å². The Balaban J connectivity index is 1.98. The Bertz CT molecular complexity index is 199. The Kier molecular flexibility index (Phi) is 5.60. The number of amides is 1. The van der Waals surface area contributed by atoms with Crippen LogP contribution in [0.3, 0.4) is 0 Å². The average molecular weight is 216 g/mol. The van der Waals surface area contributed by atoms with Crippen molar-refractivity contribution in [2.45, 2.75) is 18.9 Å². The zero-order valence-corrected chi connectivity index (χ0v) is 9.28. The number of hydrogen-bond acceptors (Lipinski definition) is 4. The number of rotatable bonds is 7. The quantitative estimate of drug-likeness (QED) is 0.588. The summed E-state index contributed by atoms with van der Waals surface area (Å²) >= 11 is 0. The number of nitrogens with zero attached hydrogens (tertiary/aromatic N) is 1. The van der Waals surface area contributed by atoms with Gasteiger partial charge in [0.2, 0.25) is 5.91 Å². The Hall–Kier alpha value is -0.650. The second kappa shape index (κ2) is 6.76. The summed E-state index contributed by atoms with van der Waals surface area (Å²) in [6.07, 6.45) is 1.35. The van der Waals surface area contributed by atoms with Crippen LogP contribution >= 0.6 is 0 Å². The average Bonchev–Trinajstić information content (AvgIpc) is 2.51. The van der Waals surface area contributed by atoms with Crippen molar-refractivity contribution in [1.82, 2.24) is 4.90 Å². The Morgan fingerprint density at radius 2 is 2.27 bits per heavy atom. The predicted octanol–water partition coefficient (Wildman–Crippen LogP) is -0.401. The fourth-order valence-corrected chi connectivity index (χ4v) is 1.62. The van der Waals surface area contributed by atoms with Crippen molar-refractivity contribution in [2.75, 3.05) is 40.0 Å². The molecule has 88 valence electrons. The molecule has 1 fully saturated rings. The van der Waals surface area contributed by atoms with Gasteiger partial charge in [-0.05, 0) is 6.42 Å². The minimum absolute atomic E-state index is 0.0203. The lowest BCUT2D eigenvalue weighted by Crippen LogP contribution is -2.29. The minimum Gasteiger partial charge on any atom is -0.382 e. The van der Waals surface area contributed by atoms with E-state index in [-0.39, 0.29) is 11.9 Å². The van der Waals surface area contributed by atoms with Crippen LogP contribution in [0.15, 0.2) is 0 Å². The molecule has 1 saturated heterocycles. The SMILES string of the molecule is COCCOCCCN1CC(N)CC1=O. The van der Waals surface area contributed by atoms with Crippen molar-refractivity contribution < 1.29 is 14.3 Å². The maximum Gasteiger partial charge on any atom is 0.224 e. The van der Waals surface area contributed by atoms with Gasteiger partial charge >= 0.3 is 0 Å². The Morgan fingerprint density at radius 1 is 1.47 bits per heavy atom. The van der Waals surface area contributed by atoms with Crippen molar-refractivity contribution >= 4 is 5.91 Å². The molecule has 0 aliphatic carbocycles. The van der Waals surface area contributed by atoms with Gasteiger partial charge in [-0.15, -0.1) is 0 Å². The molecule has 5 nitrogen and oxygen atoms in total. The maximum absolute atomic E-state index is 11.3. The highest BCUT2D eigenvalue weighted by Gasteiger charge is 2.25. The fourth-order valence-electron chi connectivity index (χ4n) is 1.62. The molecule has 2 N–H and O–H groups in total. The van der Waals surface area contributed by atoms with Crippen LogP contribution in [-0.2, 0) is 14.3 Å². The van der Waals surface area contributed by atoms with Crippen molar-refractivity contribution in [3.63, 3.8) is 0 Å². The van der Waals surface area contributed by atoms with E-state index in [0.717, 1.165) is 13.0 Å². The molecular formula is C10H20N2O3. The van der Waals surface area contributed by atoms with E-state index in [0.29, 0.717) is 32.8 Å². The summed E-state index contributed by atoms with van der Waals surface area (Å²) in [5, 5.41) is 0. The topological polar surface area (TPSA) is 64.8 Å². The van der Waals surface area contributed by atoms with Gasteiger partial charge in [-0.25, -0.2) is 0 Å². The van der Waals surface area contributed by atoms with Gasteiger partial charge < -0.3 is 20.1 Å². The first-order valence-corrected chi connectivity index (χ1v) is 5.34. The number of nitrogens with two attached hydrogens (primary N) is 1. The van der Waals surface area contributed by atoms with Crippen molar-refractivity contribution in [3.05, 3.63) is 0 Å². The fraction of sp³-hybridized carbons (Fsp3) is 0.900. The van der Waals surface area contributed by atoms with Crippen molar-refractivity contribution in [1.29, 1.82) is 0 Å². The summed E-state index contributed by atoms with van der Waals surface area (Å²) in [6.45, 7) is 3.34.